The monoisotopic (exact) mass is 308 g/mol. The molecule has 0 aliphatic rings. The van der Waals surface area contributed by atoms with Crippen molar-refractivity contribution in [2.75, 3.05) is 24.3 Å². The zero-order valence-electron chi connectivity index (χ0n) is 11.4. The van der Waals surface area contributed by atoms with E-state index in [1.807, 2.05) is 0 Å². The third-order valence-electron chi connectivity index (χ3n) is 2.57. The van der Waals surface area contributed by atoms with E-state index in [9.17, 15) is 10.1 Å². The third kappa shape index (κ3) is 3.99. The minimum atomic E-state index is -0.437. The second kappa shape index (κ2) is 6.31. The lowest BCUT2D eigenvalue weighted by molar-refractivity contribution is -0.384. The third-order valence-corrected chi connectivity index (χ3v) is 2.74. The summed E-state index contributed by atoms with van der Waals surface area (Å²) < 4.78 is 0. The molecule has 9 heteroatoms. The van der Waals surface area contributed by atoms with Crippen molar-refractivity contribution < 1.29 is 4.92 Å². The number of halogens is 1. The molecule has 2 aromatic rings. The summed E-state index contributed by atoms with van der Waals surface area (Å²) in [6.07, 6.45) is 0. The minimum absolute atomic E-state index is 0.0389. The highest BCUT2D eigenvalue weighted by Gasteiger charge is 2.08. The van der Waals surface area contributed by atoms with Crippen molar-refractivity contribution in [2.24, 2.45) is 0 Å². The van der Waals surface area contributed by atoms with E-state index in [0.29, 0.717) is 18.4 Å². The maximum atomic E-state index is 10.7. The van der Waals surface area contributed by atoms with E-state index in [1.54, 1.807) is 31.1 Å². The van der Waals surface area contributed by atoms with E-state index in [4.69, 9.17) is 11.6 Å². The molecule has 1 aromatic carbocycles. The first-order valence-corrected chi connectivity index (χ1v) is 6.39. The second-order valence-corrected chi connectivity index (χ2v) is 4.74. The fourth-order valence-corrected chi connectivity index (χ4v) is 1.74. The van der Waals surface area contributed by atoms with Gasteiger partial charge in [-0.3, -0.25) is 10.1 Å². The van der Waals surface area contributed by atoms with Gasteiger partial charge in [0.15, 0.2) is 0 Å². The van der Waals surface area contributed by atoms with E-state index < -0.39 is 4.92 Å². The highest BCUT2D eigenvalue weighted by Crippen LogP contribution is 2.15. The van der Waals surface area contributed by atoms with Crippen molar-refractivity contribution in [3.63, 3.8) is 0 Å². The van der Waals surface area contributed by atoms with Crippen molar-refractivity contribution in [3.8, 4) is 0 Å². The average molecular weight is 309 g/mol. The standard InChI is InChI=1S/C12H13ClN6O2/c1-18(2)12-16-10(13)15-11(17-12)14-7-8-4-3-5-9(6-8)19(20)21/h3-6H,7H2,1-2H3,(H,14,15,16,17). The summed E-state index contributed by atoms with van der Waals surface area (Å²) in [7, 11) is 3.58. The maximum absolute atomic E-state index is 10.7. The van der Waals surface area contributed by atoms with Crippen molar-refractivity contribution >= 4 is 29.2 Å². The van der Waals surface area contributed by atoms with E-state index >= 15 is 0 Å². The van der Waals surface area contributed by atoms with Crippen LogP contribution in [0.5, 0.6) is 0 Å². The van der Waals surface area contributed by atoms with Crippen LogP contribution >= 0.6 is 11.6 Å². The quantitative estimate of drug-likeness (QED) is 0.667. The lowest BCUT2D eigenvalue weighted by Crippen LogP contribution is -2.15. The molecule has 0 saturated carbocycles. The van der Waals surface area contributed by atoms with Crippen LogP contribution in [0.1, 0.15) is 5.56 Å². The molecule has 0 saturated heterocycles. The Morgan fingerprint density at radius 3 is 2.76 bits per heavy atom. The van der Waals surface area contributed by atoms with Gasteiger partial charge >= 0.3 is 0 Å². The number of nitro groups is 1. The molecule has 0 unspecified atom stereocenters. The minimum Gasteiger partial charge on any atom is -0.350 e. The number of rotatable bonds is 5. The van der Waals surface area contributed by atoms with Crippen LogP contribution in [-0.4, -0.2) is 34.0 Å². The van der Waals surface area contributed by atoms with Crippen LogP contribution in [0.25, 0.3) is 0 Å². The lowest BCUT2D eigenvalue weighted by Gasteiger charge is -2.11. The van der Waals surface area contributed by atoms with Gasteiger partial charge in [-0.05, 0) is 17.2 Å². The van der Waals surface area contributed by atoms with Gasteiger partial charge in [-0.1, -0.05) is 12.1 Å². The predicted molar refractivity (Wildman–Crippen MR) is 79.6 cm³/mol. The molecule has 0 amide bonds. The first-order valence-electron chi connectivity index (χ1n) is 6.02. The number of nitro benzene ring substituents is 1. The van der Waals surface area contributed by atoms with Crippen molar-refractivity contribution in [1.29, 1.82) is 0 Å². The topological polar surface area (TPSA) is 97.1 Å². The Labute approximate surface area is 126 Å². The number of nitrogens with zero attached hydrogens (tertiary/aromatic N) is 5. The highest BCUT2D eigenvalue weighted by atomic mass is 35.5. The van der Waals surface area contributed by atoms with Crippen LogP contribution < -0.4 is 10.2 Å². The fourth-order valence-electron chi connectivity index (χ4n) is 1.58. The molecule has 1 N–H and O–H groups in total. The number of nitrogens with one attached hydrogen (secondary N) is 1. The molecule has 2 rings (SSSR count). The molecule has 0 aliphatic carbocycles. The molecule has 0 bridgehead atoms. The van der Waals surface area contributed by atoms with Crippen LogP contribution in [0.3, 0.4) is 0 Å². The number of hydrogen-bond acceptors (Lipinski definition) is 7. The van der Waals surface area contributed by atoms with Gasteiger partial charge in [0, 0.05) is 32.8 Å². The summed E-state index contributed by atoms with van der Waals surface area (Å²) in [4.78, 5) is 24.1. The number of aromatic nitrogens is 3. The summed E-state index contributed by atoms with van der Waals surface area (Å²) in [6, 6.07) is 6.33. The Morgan fingerprint density at radius 1 is 1.33 bits per heavy atom. The molecular formula is C12H13ClN6O2. The van der Waals surface area contributed by atoms with Gasteiger partial charge in [0.2, 0.25) is 17.2 Å². The van der Waals surface area contributed by atoms with Gasteiger partial charge in [0.05, 0.1) is 4.92 Å². The summed E-state index contributed by atoms with van der Waals surface area (Å²) in [5, 5.41) is 13.8. The summed E-state index contributed by atoms with van der Waals surface area (Å²) in [6.45, 7) is 0.342. The van der Waals surface area contributed by atoms with E-state index in [2.05, 4.69) is 20.3 Å². The molecular weight excluding hydrogens is 296 g/mol. The van der Waals surface area contributed by atoms with Gasteiger partial charge in [-0.15, -0.1) is 0 Å². The summed E-state index contributed by atoms with van der Waals surface area (Å²) in [5.74, 6) is 0.738. The Balaban J connectivity index is 2.13. The smallest absolute Gasteiger partial charge is 0.269 e. The summed E-state index contributed by atoms with van der Waals surface area (Å²) in [5.41, 5.74) is 0.782. The Hall–Kier alpha value is -2.48. The summed E-state index contributed by atoms with van der Waals surface area (Å²) >= 11 is 5.82. The van der Waals surface area contributed by atoms with Crippen LogP contribution in [0.4, 0.5) is 17.6 Å². The van der Waals surface area contributed by atoms with Gasteiger partial charge in [0.25, 0.3) is 5.69 Å². The normalized spacial score (nSPS) is 10.2. The number of anilines is 2. The SMILES string of the molecule is CN(C)c1nc(Cl)nc(NCc2cccc([N+](=O)[O-])c2)n1. The lowest BCUT2D eigenvalue weighted by atomic mass is 10.2. The van der Waals surface area contributed by atoms with Gasteiger partial charge in [-0.2, -0.15) is 15.0 Å². The van der Waals surface area contributed by atoms with Crippen LogP contribution in [0, 0.1) is 10.1 Å². The highest BCUT2D eigenvalue weighted by molar-refractivity contribution is 6.28. The molecule has 110 valence electrons. The van der Waals surface area contributed by atoms with Crippen molar-refractivity contribution in [1.82, 2.24) is 15.0 Å². The van der Waals surface area contributed by atoms with Gasteiger partial charge in [-0.25, -0.2) is 0 Å². The van der Waals surface area contributed by atoms with Crippen molar-refractivity contribution in [3.05, 3.63) is 45.2 Å². The van der Waals surface area contributed by atoms with E-state index in [1.165, 1.54) is 12.1 Å². The molecule has 0 fully saturated rings. The predicted octanol–water partition coefficient (Wildman–Crippen LogP) is 2.11. The Kier molecular flexibility index (Phi) is 4.49. The molecule has 8 nitrogen and oxygen atoms in total. The molecule has 0 aliphatic heterocycles. The fraction of sp³-hybridized carbons (Fsp3) is 0.250. The van der Waals surface area contributed by atoms with E-state index in [0.717, 1.165) is 5.56 Å². The molecule has 1 heterocycles. The zero-order valence-corrected chi connectivity index (χ0v) is 12.2. The average Bonchev–Trinajstić information content (AvgIpc) is 2.45. The number of benzene rings is 1. The van der Waals surface area contributed by atoms with Crippen LogP contribution in [0.2, 0.25) is 5.28 Å². The first kappa shape index (κ1) is 14.9. The van der Waals surface area contributed by atoms with E-state index in [-0.39, 0.29) is 11.0 Å². The Morgan fingerprint density at radius 2 is 2.10 bits per heavy atom. The van der Waals surface area contributed by atoms with Crippen molar-refractivity contribution in [2.45, 2.75) is 6.54 Å². The first-order chi connectivity index (χ1) is 9.95. The van der Waals surface area contributed by atoms with Gasteiger partial charge < -0.3 is 10.2 Å². The molecule has 0 radical (unpaired) electrons. The molecule has 21 heavy (non-hydrogen) atoms. The Bertz CT molecular complexity index is 664. The van der Waals surface area contributed by atoms with Gasteiger partial charge in [0.1, 0.15) is 0 Å². The molecule has 0 spiro atoms. The molecule has 1 aromatic heterocycles. The molecule has 0 atom stereocenters. The number of non-ortho nitro benzene ring substituents is 1. The van der Waals surface area contributed by atoms with Crippen LogP contribution in [-0.2, 0) is 6.54 Å². The second-order valence-electron chi connectivity index (χ2n) is 4.40. The zero-order chi connectivity index (χ0) is 15.4. The maximum Gasteiger partial charge on any atom is 0.269 e. The number of hydrogen-bond donors (Lipinski definition) is 1. The largest absolute Gasteiger partial charge is 0.350 e. The van der Waals surface area contributed by atoms with Crippen LogP contribution in [0.15, 0.2) is 24.3 Å².